The van der Waals surface area contributed by atoms with Crippen LogP contribution in [0.15, 0.2) is 18.3 Å². The fraction of sp³-hybridized carbons (Fsp3) is 0.571. The van der Waals surface area contributed by atoms with Gasteiger partial charge in [-0.15, -0.1) is 0 Å². The minimum absolute atomic E-state index is 0.00118. The van der Waals surface area contributed by atoms with Crippen molar-refractivity contribution in [2.45, 2.75) is 38.3 Å². The molecule has 0 bridgehead atoms. The highest BCUT2D eigenvalue weighted by Crippen LogP contribution is 2.27. The molecule has 1 aromatic heterocycles. The van der Waals surface area contributed by atoms with Crippen molar-refractivity contribution < 1.29 is 18.0 Å². The third-order valence-corrected chi connectivity index (χ3v) is 3.52. The molecule has 1 aliphatic carbocycles. The van der Waals surface area contributed by atoms with Crippen LogP contribution in [0.3, 0.4) is 0 Å². The number of carbonyl (C=O) groups is 1. The molecule has 1 heterocycles. The van der Waals surface area contributed by atoms with Crippen molar-refractivity contribution in [3.63, 3.8) is 0 Å². The predicted octanol–water partition coefficient (Wildman–Crippen LogP) is 2.74. The lowest BCUT2D eigenvalue weighted by atomic mass is 9.81. The molecule has 0 atom stereocenters. The molecular weight excluding hydrogens is 283 g/mol. The van der Waals surface area contributed by atoms with Crippen LogP contribution < -0.4 is 10.6 Å². The van der Waals surface area contributed by atoms with Crippen LogP contribution in [0.1, 0.15) is 31.0 Å². The number of nitrogens with one attached hydrogen (secondary N) is 2. The van der Waals surface area contributed by atoms with Crippen LogP contribution in [0.2, 0.25) is 0 Å². The van der Waals surface area contributed by atoms with Crippen molar-refractivity contribution >= 4 is 6.03 Å². The molecule has 0 aliphatic heterocycles. The summed E-state index contributed by atoms with van der Waals surface area (Å²) in [6.07, 6.45) is 2.58. The highest BCUT2D eigenvalue weighted by Gasteiger charge is 2.30. The van der Waals surface area contributed by atoms with Crippen molar-refractivity contribution in [1.82, 2.24) is 15.6 Å². The largest absolute Gasteiger partial charge is 0.335 e. The molecule has 2 N–H and O–H groups in total. The van der Waals surface area contributed by atoms with E-state index in [9.17, 15) is 18.0 Å². The molecule has 1 aliphatic rings. The summed E-state index contributed by atoms with van der Waals surface area (Å²) in [5.41, 5.74) is 0.221. The molecule has 21 heavy (non-hydrogen) atoms. The Balaban J connectivity index is 1.79. The van der Waals surface area contributed by atoms with Gasteiger partial charge in [-0.25, -0.2) is 4.79 Å². The van der Waals surface area contributed by atoms with Gasteiger partial charge in [-0.2, -0.15) is 8.78 Å². The van der Waals surface area contributed by atoms with Gasteiger partial charge in [-0.1, -0.05) is 0 Å². The topological polar surface area (TPSA) is 54.0 Å². The third kappa shape index (κ3) is 4.34. The SMILES string of the molecule is CC(F)(F)c1cc(CNC(=O)NC2CC(CF)C2)ccn1. The molecule has 0 aromatic carbocycles. The van der Waals surface area contributed by atoms with Crippen molar-refractivity contribution in [2.75, 3.05) is 6.67 Å². The van der Waals surface area contributed by atoms with Gasteiger partial charge in [-0.05, 0) is 36.5 Å². The first-order valence-electron chi connectivity index (χ1n) is 6.82. The van der Waals surface area contributed by atoms with E-state index in [0.717, 1.165) is 6.92 Å². The first kappa shape index (κ1) is 15.6. The van der Waals surface area contributed by atoms with Gasteiger partial charge in [0, 0.05) is 25.7 Å². The van der Waals surface area contributed by atoms with Gasteiger partial charge in [-0.3, -0.25) is 9.37 Å². The molecule has 2 rings (SSSR count). The fourth-order valence-corrected chi connectivity index (χ4v) is 2.22. The molecule has 2 amide bonds. The molecule has 4 nitrogen and oxygen atoms in total. The van der Waals surface area contributed by atoms with Gasteiger partial charge in [0.25, 0.3) is 5.92 Å². The minimum atomic E-state index is -3.01. The second kappa shape index (κ2) is 6.32. The lowest BCUT2D eigenvalue weighted by Gasteiger charge is -2.33. The van der Waals surface area contributed by atoms with Gasteiger partial charge in [0.05, 0.1) is 6.67 Å². The van der Waals surface area contributed by atoms with Crippen LogP contribution >= 0.6 is 0 Å². The summed E-state index contributed by atoms with van der Waals surface area (Å²) in [5.74, 6) is -2.96. The summed E-state index contributed by atoms with van der Waals surface area (Å²) in [4.78, 5) is 15.2. The maximum absolute atomic E-state index is 13.1. The number of rotatable bonds is 5. The second-order valence-corrected chi connectivity index (χ2v) is 5.45. The number of urea groups is 1. The van der Waals surface area contributed by atoms with Crippen LogP contribution in [0.25, 0.3) is 0 Å². The molecule has 1 aromatic rings. The molecular formula is C14H18F3N3O. The fourth-order valence-electron chi connectivity index (χ4n) is 2.22. The number of alkyl halides is 3. The van der Waals surface area contributed by atoms with Crippen molar-refractivity contribution in [3.05, 3.63) is 29.6 Å². The molecule has 0 spiro atoms. The number of halogens is 3. The highest BCUT2D eigenvalue weighted by atomic mass is 19.3. The summed E-state index contributed by atoms with van der Waals surface area (Å²) in [6, 6.07) is 2.46. The van der Waals surface area contributed by atoms with Gasteiger partial charge >= 0.3 is 6.03 Å². The molecule has 0 radical (unpaired) electrons. The van der Waals surface area contributed by atoms with Crippen molar-refractivity contribution in [1.29, 1.82) is 0 Å². The maximum Gasteiger partial charge on any atom is 0.315 e. The van der Waals surface area contributed by atoms with Crippen LogP contribution in [0, 0.1) is 5.92 Å². The number of carbonyl (C=O) groups excluding carboxylic acids is 1. The maximum atomic E-state index is 13.1. The zero-order chi connectivity index (χ0) is 15.5. The summed E-state index contributed by atoms with van der Waals surface area (Å²) >= 11 is 0. The van der Waals surface area contributed by atoms with E-state index in [1.807, 2.05) is 0 Å². The lowest BCUT2D eigenvalue weighted by molar-refractivity contribution is 0.0127. The summed E-state index contributed by atoms with van der Waals surface area (Å²) in [5, 5.41) is 5.31. The Hall–Kier alpha value is -1.79. The van der Waals surface area contributed by atoms with E-state index in [4.69, 9.17) is 0 Å². The number of nitrogens with zero attached hydrogens (tertiary/aromatic N) is 1. The van der Waals surface area contributed by atoms with Crippen molar-refractivity contribution in [2.24, 2.45) is 5.92 Å². The van der Waals surface area contributed by atoms with Gasteiger partial charge in [0.2, 0.25) is 0 Å². The number of pyridine rings is 1. The number of aromatic nitrogens is 1. The van der Waals surface area contributed by atoms with E-state index >= 15 is 0 Å². The quantitative estimate of drug-likeness (QED) is 0.878. The van der Waals surface area contributed by atoms with E-state index in [-0.39, 0.29) is 36.9 Å². The molecule has 0 saturated heterocycles. The minimum Gasteiger partial charge on any atom is -0.335 e. The smallest absolute Gasteiger partial charge is 0.315 e. The standard InChI is InChI=1S/C14H18F3N3O/c1-14(16,17)12-6-9(2-3-18-12)8-19-13(21)20-11-4-10(5-11)7-15/h2-3,6,10-11H,4-5,7-8H2,1H3,(H2,19,20,21). The average molecular weight is 301 g/mol. The highest BCUT2D eigenvalue weighted by molar-refractivity contribution is 5.74. The Morgan fingerprint density at radius 3 is 2.81 bits per heavy atom. The van der Waals surface area contributed by atoms with E-state index in [2.05, 4.69) is 15.6 Å². The van der Waals surface area contributed by atoms with Gasteiger partial charge in [0.1, 0.15) is 5.69 Å². The molecule has 1 fully saturated rings. The molecule has 7 heteroatoms. The van der Waals surface area contributed by atoms with Gasteiger partial charge in [0.15, 0.2) is 0 Å². The van der Waals surface area contributed by atoms with E-state index in [0.29, 0.717) is 18.4 Å². The Bertz CT molecular complexity index is 498. The van der Waals surface area contributed by atoms with E-state index in [1.165, 1.54) is 12.3 Å². The predicted molar refractivity (Wildman–Crippen MR) is 71.7 cm³/mol. The Morgan fingerprint density at radius 1 is 1.48 bits per heavy atom. The van der Waals surface area contributed by atoms with Crippen LogP contribution in [0.4, 0.5) is 18.0 Å². The number of hydrogen-bond acceptors (Lipinski definition) is 2. The summed E-state index contributed by atoms with van der Waals surface area (Å²) in [7, 11) is 0. The van der Waals surface area contributed by atoms with Crippen LogP contribution in [-0.4, -0.2) is 23.7 Å². The Kier molecular flexibility index (Phi) is 4.69. The lowest BCUT2D eigenvalue weighted by Crippen LogP contribution is -2.48. The van der Waals surface area contributed by atoms with Crippen LogP contribution in [0.5, 0.6) is 0 Å². The average Bonchev–Trinajstić information content (AvgIpc) is 2.39. The third-order valence-electron chi connectivity index (χ3n) is 3.52. The first-order valence-corrected chi connectivity index (χ1v) is 6.82. The first-order chi connectivity index (χ1) is 9.88. The zero-order valence-corrected chi connectivity index (χ0v) is 11.7. The summed E-state index contributed by atoms with van der Waals surface area (Å²) < 4.78 is 38.5. The normalized spacial score (nSPS) is 21.5. The zero-order valence-electron chi connectivity index (χ0n) is 11.7. The molecule has 1 saturated carbocycles. The number of hydrogen-bond donors (Lipinski definition) is 2. The van der Waals surface area contributed by atoms with E-state index < -0.39 is 5.92 Å². The van der Waals surface area contributed by atoms with Gasteiger partial charge < -0.3 is 10.6 Å². The van der Waals surface area contributed by atoms with Crippen LogP contribution in [-0.2, 0) is 12.5 Å². The Morgan fingerprint density at radius 2 is 2.19 bits per heavy atom. The molecule has 0 unspecified atom stereocenters. The van der Waals surface area contributed by atoms with E-state index in [1.54, 1.807) is 6.07 Å². The van der Waals surface area contributed by atoms with Crippen molar-refractivity contribution in [3.8, 4) is 0 Å². The monoisotopic (exact) mass is 301 g/mol. The Labute approximate surface area is 121 Å². The second-order valence-electron chi connectivity index (χ2n) is 5.45. The summed E-state index contributed by atoms with van der Waals surface area (Å²) in [6.45, 7) is 0.554. The molecule has 116 valence electrons. The number of amides is 2.